The Kier molecular flexibility index (Phi) is 4.96. The molecule has 0 N–H and O–H groups in total. The lowest BCUT2D eigenvalue weighted by molar-refractivity contribution is 0.637. The molecule has 0 atom stereocenters. The Labute approximate surface area is 171 Å². The van der Waals surface area contributed by atoms with Crippen molar-refractivity contribution in [1.82, 2.24) is 9.13 Å². The fourth-order valence-electron chi connectivity index (χ4n) is 3.35. The third-order valence-electron chi connectivity index (χ3n) is 5.00. The first-order valence-corrected chi connectivity index (χ1v) is 10.2. The van der Waals surface area contributed by atoms with Gasteiger partial charge in [-0.1, -0.05) is 60.1 Å². The summed E-state index contributed by atoms with van der Waals surface area (Å²) in [5.74, 6) is 0. The summed E-state index contributed by atoms with van der Waals surface area (Å²) in [4.78, 5) is 28.3. The average Bonchev–Trinajstić information content (AvgIpc) is 2.99. The number of halogens is 1. The summed E-state index contributed by atoms with van der Waals surface area (Å²) in [6, 6.07) is 17.0. The molecule has 0 aliphatic carbocycles. The Morgan fingerprint density at radius 2 is 1.57 bits per heavy atom. The van der Waals surface area contributed by atoms with Gasteiger partial charge in [0.05, 0.1) is 18.5 Å². The van der Waals surface area contributed by atoms with E-state index in [-0.39, 0.29) is 17.8 Å². The number of nitrogens with zero attached hydrogens (tertiary/aromatic N) is 2. The van der Waals surface area contributed by atoms with Crippen molar-refractivity contribution in [2.75, 3.05) is 0 Å². The van der Waals surface area contributed by atoms with Gasteiger partial charge >= 0.3 is 5.69 Å². The number of benzene rings is 2. The van der Waals surface area contributed by atoms with Crippen LogP contribution in [0.25, 0.3) is 10.2 Å². The molecule has 0 unspecified atom stereocenters. The Bertz CT molecular complexity index is 1290. The van der Waals surface area contributed by atoms with E-state index in [2.05, 4.69) is 0 Å². The summed E-state index contributed by atoms with van der Waals surface area (Å²) in [7, 11) is 0. The molecule has 0 amide bonds. The zero-order valence-electron chi connectivity index (χ0n) is 15.6. The van der Waals surface area contributed by atoms with Gasteiger partial charge in [-0.05, 0) is 36.6 Å². The zero-order valence-corrected chi connectivity index (χ0v) is 17.2. The predicted molar refractivity (Wildman–Crippen MR) is 116 cm³/mol. The van der Waals surface area contributed by atoms with Crippen LogP contribution in [-0.2, 0) is 13.1 Å². The van der Waals surface area contributed by atoms with Crippen LogP contribution in [0.5, 0.6) is 0 Å². The lowest BCUT2D eigenvalue weighted by atomic mass is 10.2. The molecule has 2 heterocycles. The highest BCUT2D eigenvalue weighted by Gasteiger charge is 2.19. The van der Waals surface area contributed by atoms with E-state index in [1.54, 1.807) is 4.57 Å². The molecule has 0 fully saturated rings. The maximum Gasteiger partial charge on any atom is 0.332 e. The number of hydrogen-bond acceptors (Lipinski definition) is 3. The van der Waals surface area contributed by atoms with E-state index in [0.29, 0.717) is 21.8 Å². The molecule has 0 spiro atoms. The first-order chi connectivity index (χ1) is 13.5. The predicted octanol–water partition coefficient (Wildman–Crippen LogP) is 4.59. The largest absolute Gasteiger partial charge is 0.332 e. The molecule has 6 heteroatoms. The first-order valence-electron chi connectivity index (χ1n) is 8.98. The molecule has 0 saturated carbocycles. The standard InChI is InChI=1S/C22H19ClN2O2S/c1-14-15(2)28-21-19(14)20(26)24(12-16-8-4-3-5-9-16)22(27)25(21)13-17-10-6-7-11-18(17)23/h3-11H,12-13H2,1-2H3. The lowest BCUT2D eigenvalue weighted by Crippen LogP contribution is -2.40. The molecule has 2 aromatic carbocycles. The fraction of sp³-hybridized carbons (Fsp3) is 0.182. The molecule has 4 aromatic rings. The molecule has 2 aromatic heterocycles. The highest BCUT2D eigenvalue weighted by atomic mass is 35.5. The minimum absolute atomic E-state index is 0.235. The number of thiophene rings is 1. The van der Waals surface area contributed by atoms with E-state index in [1.807, 2.05) is 68.4 Å². The van der Waals surface area contributed by atoms with Crippen molar-refractivity contribution in [3.63, 3.8) is 0 Å². The van der Waals surface area contributed by atoms with E-state index in [1.165, 1.54) is 15.9 Å². The lowest BCUT2D eigenvalue weighted by Gasteiger charge is -2.13. The molecule has 0 saturated heterocycles. The van der Waals surface area contributed by atoms with Gasteiger partial charge in [-0.2, -0.15) is 0 Å². The van der Waals surface area contributed by atoms with E-state index in [9.17, 15) is 9.59 Å². The molecular formula is C22H19ClN2O2S. The molecule has 28 heavy (non-hydrogen) atoms. The molecule has 142 valence electrons. The average molecular weight is 411 g/mol. The van der Waals surface area contributed by atoms with Gasteiger partial charge in [-0.25, -0.2) is 4.79 Å². The van der Waals surface area contributed by atoms with Gasteiger partial charge in [-0.15, -0.1) is 11.3 Å². The Hall–Kier alpha value is -2.63. The SMILES string of the molecule is Cc1sc2c(c1C)c(=O)n(Cc1ccccc1)c(=O)n2Cc1ccccc1Cl. The topological polar surface area (TPSA) is 44.0 Å². The number of rotatable bonds is 4. The molecule has 0 aliphatic heterocycles. The Balaban J connectivity index is 1.98. The monoisotopic (exact) mass is 410 g/mol. The molecule has 4 nitrogen and oxygen atoms in total. The van der Waals surface area contributed by atoms with Gasteiger partial charge in [0.1, 0.15) is 4.83 Å². The fourth-order valence-corrected chi connectivity index (χ4v) is 4.68. The van der Waals surface area contributed by atoms with Gasteiger partial charge < -0.3 is 0 Å². The normalized spacial score (nSPS) is 11.2. The number of aromatic nitrogens is 2. The second-order valence-corrected chi connectivity index (χ2v) is 8.41. The number of hydrogen-bond donors (Lipinski definition) is 0. The van der Waals surface area contributed by atoms with Crippen molar-refractivity contribution in [3.05, 3.63) is 102 Å². The van der Waals surface area contributed by atoms with Crippen LogP contribution >= 0.6 is 22.9 Å². The Morgan fingerprint density at radius 1 is 0.893 bits per heavy atom. The van der Waals surface area contributed by atoms with Crippen molar-refractivity contribution in [2.45, 2.75) is 26.9 Å². The number of fused-ring (bicyclic) bond motifs is 1. The van der Waals surface area contributed by atoms with Crippen LogP contribution in [0.4, 0.5) is 0 Å². The van der Waals surface area contributed by atoms with Gasteiger partial charge in [-0.3, -0.25) is 13.9 Å². The summed E-state index contributed by atoms with van der Waals surface area (Å²) in [6.07, 6.45) is 0. The van der Waals surface area contributed by atoms with Crippen LogP contribution in [0, 0.1) is 13.8 Å². The third-order valence-corrected chi connectivity index (χ3v) is 6.60. The maximum atomic E-state index is 13.3. The number of aryl methyl sites for hydroxylation is 2. The van der Waals surface area contributed by atoms with Crippen molar-refractivity contribution in [3.8, 4) is 0 Å². The summed E-state index contributed by atoms with van der Waals surface area (Å²) < 4.78 is 3.00. The van der Waals surface area contributed by atoms with Crippen LogP contribution in [0.15, 0.2) is 64.2 Å². The van der Waals surface area contributed by atoms with Gasteiger partial charge in [0, 0.05) is 9.90 Å². The van der Waals surface area contributed by atoms with Crippen molar-refractivity contribution >= 4 is 33.2 Å². The summed E-state index contributed by atoms with van der Waals surface area (Å²) in [5, 5.41) is 1.22. The van der Waals surface area contributed by atoms with Crippen LogP contribution in [-0.4, -0.2) is 9.13 Å². The molecule has 4 rings (SSSR count). The van der Waals surface area contributed by atoms with Crippen LogP contribution in [0.3, 0.4) is 0 Å². The minimum atomic E-state index is -0.317. The van der Waals surface area contributed by atoms with E-state index in [0.717, 1.165) is 21.6 Å². The second-order valence-electron chi connectivity index (χ2n) is 6.80. The summed E-state index contributed by atoms with van der Waals surface area (Å²) >= 11 is 7.81. The minimum Gasteiger partial charge on any atom is -0.280 e. The van der Waals surface area contributed by atoms with E-state index < -0.39 is 0 Å². The van der Waals surface area contributed by atoms with Crippen LogP contribution in [0.1, 0.15) is 21.6 Å². The summed E-state index contributed by atoms with van der Waals surface area (Å²) in [6.45, 7) is 4.48. The second kappa shape index (κ2) is 7.41. The van der Waals surface area contributed by atoms with Gasteiger partial charge in [0.25, 0.3) is 5.56 Å². The van der Waals surface area contributed by atoms with E-state index in [4.69, 9.17) is 11.6 Å². The van der Waals surface area contributed by atoms with Gasteiger partial charge in [0.2, 0.25) is 0 Å². The highest BCUT2D eigenvalue weighted by molar-refractivity contribution is 7.18. The molecule has 0 aliphatic rings. The maximum absolute atomic E-state index is 13.3. The smallest absolute Gasteiger partial charge is 0.280 e. The van der Waals surface area contributed by atoms with Crippen LogP contribution < -0.4 is 11.2 Å². The van der Waals surface area contributed by atoms with Gasteiger partial charge in [0.15, 0.2) is 0 Å². The quantitative estimate of drug-likeness (QED) is 0.493. The Morgan fingerprint density at radius 3 is 2.29 bits per heavy atom. The molecular weight excluding hydrogens is 392 g/mol. The van der Waals surface area contributed by atoms with Crippen molar-refractivity contribution < 1.29 is 0 Å². The summed E-state index contributed by atoms with van der Waals surface area (Å²) in [5.41, 5.74) is 2.14. The van der Waals surface area contributed by atoms with Crippen molar-refractivity contribution in [1.29, 1.82) is 0 Å². The zero-order chi connectivity index (χ0) is 19.8. The molecule has 0 bridgehead atoms. The van der Waals surface area contributed by atoms with Crippen LogP contribution in [0.2, 0.25) is 5.02 Å². The first kappa shape index (κ1) is 18.7. The molecule has 0 radical (unpaired) electrons. The van der Waals surface area contributed by atoms with E-state index >= 15 is 0 Å². The third kappa shape index (κ3) is 3.21. The highest BCUT2D eigenvalue weighted by Crippen LogP contribution is 2.28. The van der Waals surface area contributed by atoms with Crippen molar-refractivity contribution in [2.24, 2.45) is 0 Å².